The van der Waals surface area contributed by atoms with Gasteiger partial charge in [0.05, 0.1) is 15.9 Å². The van der Waals surface area contributed by atoms with Gasteiger partial charge in [0, 0.05) is 28.2 Å². The van der Waals surface area contributed by atoms with Crippen molar-refractivity contribution in [2.24, 2.45) is 5.92 Å². The van der Waals surface area contributed by atoms with Crippen LogP contribution in [0.15, 0.2) is 34.9 Å². The summed E-state index contributed by atoms with van der Waals surface area (Å²) in [6.45, 7) is 5.76. The van der Waals surface area contributed by atoms with Gasteiger partial charge in [-0.25, -0.2) is 14.4 Å². The number of rotatable bonds is 3. The van der Waals surface area contributed by atoms with Crippen LogP contribution in [-0.2, 0) is 6.42 Å². The Bertz CT molecular complexity index is 1040. The number of fused-ring (bicyclic) bond motifs is 2. The van der Waals surface area contributed by atoms with Crippen molar-refractivity contribution < 1.29 is 4.39 Å². The Hall–Kier alpha value is -1.70. The molecule has 1 unspecified atom stereocenters. The first-order valence-electron chi connectivity index (χ1n) is 9.74. The van der Waals surface area contributed by atoms with Crippen LogP contribution in [0.25, 0.3) is 10.2 Å². The molecule has 2 aromatic heterocycles. The summed E-state index contributed by atoms with van der Waals surface area (Å²) in [6, 6.07) is 6.19. The Balaban J connectivity index is 1.46. The second-order valence-electron chi connectivity index (χ2n) is 7.98. The number of hydrogen-bond donors (Lipinski definition) is 2. The number of piperidine rings is 1. The van der Waals surface area contributed by atoms with E-state index in [1.807, 2.05) is 30.1 Å². The van der Waals surface area contributed by atoms with E-state index < -0.39 is 0 Å². The number of hydrogen-bond acceptors (Lipinski definition) is 6. The molecule has 2 N–H and O–H groups in total. The minimum Gasteiger partial charge on any atom is -0.353 e. The van der Waals surface area contributed by atoms with Crippen LogP contribution in [0.1, 0.15) is 32.3 Å². The molecule has 0 saturated carbocycles. The molecule has 0 bridgehead atoms. The molecule has 28 heavy (non-hydrogen) atoms. The standard InChI is InChI=1S/C21H23FN4S2/c1-12-14(4-3-8-23-12)21(2)10-13-15(7-9-24-20(13)28-21)26-16-5-6-17-19(18(16)22)25-11-27-17/h5-7,9,11-12,14,23H,3-4,8,10H2,1-2H3,(H,24,26)/t12-,14+,21?/m0/s1. The summed E-state index contributed by atoms with van der Waals surface area (Å²) in [6.07, 6.45) is 5.23. The zero-order valence-corrected chi connectivity index (χ0v) is 17.6. The first-order valence-corrected chi connectivity index (χ1v) is 11.4. The highest BCUT2D eigenvalue weighted by molar-refractivity contribution is 8.01. The number of nitrogens with one attached hydrogen (secondary N) is 2. The minimum absolute atomic E-state index is 0.108. The second kappa shape index (κ2) is 6.97. The maximum atomic E-state index is 14.9. The average Bonchev–Trinajstić information content (AvgIpc) is 3.29. The van der Waals surface area contributed by atoms with Crippen LogP contribution >= 0.6 is 23.1 Å². The summed E-state index contributed by atoms with van der Waals surface area (Å²) in [5, 5.41) is 8.03. The van der Waals surface area contributed by atoms with Gasteiger partial charge in [0.1, 0.15) is 10.5 Å². The summed E-state index contributed by atoms with van der Waals surface area (Å²) in [7, 11) is 0. The Morgan fingerprint density at radius 2 is 2.14 bits per heavy atom. The number of anilines is 2. The largest absolute Gasteiger partial charge is 0.353 e. The molecule has 1 aromatic carbocycles. The lowest BCUT2D eigenvalue weighted by Gasteiger charge is -2.40. The minimum atomic E-state index is -0.289. The third-order valence-electron chi connectivity index (χ3n) is 6.13. The monoisotopic (exact) mass is 414 g/mol. The van der Waals surface area contributed by atoms with E-state index in [9.17, 15) is 4.39 Å². The Morgan fingerprint density at radius 3 is 3.00 bits per heavy atom. The summed E-state index contributed by atoms with van der Waals surface area (Å²) in [5.74, 6) is 0.305. The number of halogens is 1. The fraction of sp³-hybridized carbons (Fsp3) is 0.429. The molecule has 2 aliphatic rings. The van der Waals surface area contributed by atoms with Crippen LogP contribution in [0.3, 0.4) is 0 Å². The lowest BCUT2D eigenvalue weighted by Crippen LogP contribution is -2.48. The normalized spacial score (nSPS) is 27.1. The van der Waals surface area contributed by atoms with Crippen LogP contribution < -0.4 is 10.6 Å². The van der Waals surface area contributed by atoms with Crippen LogP contribution in [0.5, 0.6) is 0 Å². The number of pyridine rings is 1. The smallest absolute Gasteiger partial charge is 0.173 e. The summed E-state index contributed by atoms with van der Waals surface area (Å²) >= 11 is 3.34. The molecule has 7 heteroatoms. The molecule has 0 radical (unpaired) electrons. The van der Waals surface area contributed by atoms with E-state index in [2.05, 4.69) is 34.4 Å². The lowest BCUT2D eigenvalue weighted by molar-refractivity contribution is 0.243. The molecule has 4 heterocycles. The van der Waals surface area contributed by atoms with E-state index in [1.165, 1.54) is 29.7 Å². The van der Waals surface area contributed by atoms with Gasteiger partial charge in [0.15, 0.2) is 5.82 Å². The third-order valence-corrected chi connectivity index (χ3v) is 8.38. The maximum Gasteiger partial charge on any atom is 0.173 e. The van der Waals surface area contributed by atoms with Crippen molar-refractivity contribution in [3.05, 3.63) is 41.3 Å². The Kier molecular flexibility index (Phi) is 4.56. The Morgan fingerprint density at radius 1 is 1.25 bits per heavy atom. The molecule has 5 rings (SSSR count). The van der Waals surface area contributed by atoms with Gasteiger partial charge >= 0.3 is 0 Å². The quantitative estimate of drug-likeness (QED) is 0.603. The van der Waals surface area contributed by atoms with Crippen molar-refractivity contribution in [1.29, 1.82) is 0 Å². The highest BCUT2D eigenvalue weighted by Gasteiger charge is 2.45. The topological polar surface area (TPSA) is 49.8 Å². The van der Waals surface area contributed by atoms with Crippen molar-refractivity contribution in [1.82, 2.24) is 15.3 Å². The van der Waals surface area contributed by atoms with E-state index in [-0.39, 0.29) is 10.6 Å². The van der Waals surface area contributed by atoms with Gasteiger partial charge in [-0.05, 0) is 63.8 Å². The van der Waals surface area contributed by atoms with Gasteiger partial charge in [-0.15, -0.1) is 11.3 Å². The maximum absolute atomic E-state index is 14.9. The van der Waals surface area contributed by atoms with E-state index in [4.69, 9.17) is 0 Å². The number of benzene rings is 1. The van der Waals surface area contributed by atoms with Crippen molar-refractivity contribution in [2.45, 2.75) is 48.9 Å². The lowest BCUT2D eigenvalue weighted by atomic mass is 9.78. The highest BCUT2D eigenvalue weighted by Crippen LogP contribution is 2.52. The van der Waals surface area contributed by atoms with Crippen molar-refractivity contribution >= 4 is 44.7 Å². The molecule has 1 fully saturated rings. The number of aromatic nitrogens is 2. The zero-order chi connectivity index (χ0) is 19.3. The van der Waals surface area contributed by atoms with E-state index in [0.29, 0.717) is 23.2 Å². The van der Waals surface area contributed by atoms with Crippen LogP contribution in [0, 0.1) is 11.7 Å². The summed E-state index contributed by atoms with van der Waals surface area (Å²) in [5.41, 5.74) is 4.74. The number of thioether (sulfide) groups is 1. The fourth-order valence-corrected chi connectivity index (χ4v) is 6.90. The molecular formula is C21H23FN4S2. The summed E-state index contributed by atoms with van der Waals surface area (Å²) < 4.78 is 15.9. The SMILES string of the molecule is C[C@@H]1NCCC[C@H]1C1(C)Cc2c(Nc3ccc4scnc4c3F)ccnc2S1. The number of nitrogens with zero attached hydrogens (tertiary/aromatic N) is 2. The molecule has 3 aromatic rings. The van der Waals surface area contributed by atoms with Gasteiger partial charge in [0.25, 0.3) is 0 Å². The van der Waals surface area contributed by atoms with E-state index in [1.54, 1.807) is 11.6 Å². The first kappa shape index (κ1) is 18.3. The molecule has 0 aliphatic carbocycles. The van der Waals surface area contributed by atoms with E-state index in [0.717, 1.165) is 28.4 Å². The predicted molar refractivity (Wildman–Crippen MR) is 115 cm³/mol. The van der Waals surface area contributed by atoms with Crippen molar-refractivity contribution in [3.8, 4) is 0 Å². The fourth-order valence-electron chi connectivity index (χ4n) is 4.68. The van der Waals surface area contributed by atoms with Crippen LogP contribution in [0.2, 0.25) is 0 Å². The van der Waals surface area contributed by atoms with Crippen LogP contribution in [0.4, 0.5) is 15.8 Å². The molecular weight excluding hydrogens is 391 g/mol. The Labute approximate surface area is 172 Å². The van der Waals surface area contributed by atoms with Crippen molar-refractivity contribution in [3.63, 3.8) is 0 Å². The second-order valence-corrected chi connectivity index (χ2v) is 10.4. The van der Waals surface area contributed by atoms with Gasteiger partial charge < -0.3 is 10.6 Å². The molecule has 3 atom stereocenters. The highest BCUT2D eigenvalue weighted by atomic mass is 32.2. The first-order chi connectivity index (χ1) is 13.5. The molecule has 146 valence electrons. The predicted octanol–water partition coefficient (Wildman–Crippen LogP) is 5.37. The molecule has 4 nitrogen and oxygen atoms in total. The molecule has 0 spiro atoms. The van der Waals surface area contributed by atoms with Gasteiger partial charge in [0.2, 0.25) is 0 Å². The molecule has 1 saturated heterocycles. The zero-order valence-electron chi connectivity index (χ0n) is 16.0. The average molecular weight is 415 g/mol. The van der Waals surface area contributed by atoms with E-state index >= 15 is 0 Å². The van der Waals surface area contributed by atoms with Crippen molar-refractivity contribution in [2.75, 3.05) is 11.9 Å². The number of thiazole rings is 1. The molecule has 0 amide bonds. The van der Waals surface area contributed by atoms with Crippen LogP contribution in [-0.4, -0.2) is 27.3 Å². The van der Waals surface area contributed by atoms with Gasteiger partial charge in [-0.1, -0.05) is 11.8 Å². The molecule has 2 aliphatic heterocycles. The summed E-state index contributed by atoms with van der Waals surface area (Å²) in [4.78, 5) is 8.80. The van der Waals surface area contributed by atoms with Gasteiger partial charge in [-0.3, -0.25) is 0 Å². The third kappa shape index (κ3) is 3.00. The van der Waals surface area contributed by atoms with Gasteiger partial charge in [-0.2, -0.15) is 0 Å².